The first-order chi connectivity index (χ1) is 13.7. The van der Waals surface area contributed by atoms with Crippen LogP contribution in [0, 0.1) is 0 Å². The summed E-state index contributed by atoms with van der Waals surface area (Å²) in [6, 6.07) is 0. The molecule has 0 aromatic rings. The van der Waals surface area contributed by atoms with E-state index < -0.39 is 6.10 Å². The van der Waals surface area contributed by atoms with Gasteiger partial charge in [0.15, 0.2) is 0 Å². The van der Waals surface area contributed by atoms with Gasteiger partial charge in [-0.15, -0.1) is 0 Å². The molecule has 3 nitrogen and oxygen atoms in total. The van der Waals surface area contributed by atoms with Crippen LogP contribution < -0.4 is 0 Å². The first-order valence-corrected chi connectivity index (χ1v) is 10.4. The van der Waals surface area contributed by atoms with E-state index in [-0.39, 0.29) is 12.4 Å². The highest BCUT2D eigenvalue weighted by Crippen LogP contribution is 2.01. The van der Waals surface area contributed by atoms with Gasteiger partial charge in [0.25, 0.3) is 0 Å². The Morgan fingerprint density at radius 1 is 0.821 bits per heavy atom. The van der Waals surface area contributed by atoms with E-state index in [4.69, 9.17) is 5.11 Å². The van der Waals surface area contributed by atoms with E-state index in [2.05, 4.69) is 49.5 Å². The summed E-state index contributed by atoms with van der Waals surface area (Å²) in [7, 11) is 0. The third kappa shape index (κ3) is 20.3. The highest BCUT2D eigenvalue weighted by molar-refractivity contribution is 5.78. The van der Waals surface area contributed by atoms with Crippen LogP contribution >= 0.6 is 0 Å². The summed E-state index contributed by atoms with van der Waals surface area (Å²) in [4.78, 5) is 11.4. The molecule has 3 heteroatoms. The molecule has 2 N–H and O–H groups in total. The van der Waals surface area contributed by atoms with Crippen LogP contribution in [0.5, 0.6) is 0 Å². The van der Waals surface area contributed by atoms with Gasteiger partial charge < -0.3 is 10.2 Å². The number of aliphatic hydroxyl groups is 2. The number of Topliss-reactive ketones (excluding diaryl/α,β-unsaturated/α-hetero) is 1. The summed E-state index contributed by atoms with van der Waals surface area (Å²) in [5, 5.41) is 18.4. The number of hydrogen-bond acceptors (Lipinski definition) is 3. The van der Waals surface area contributed by atoms with Crippen molar-refractivity contribution >= 4 is 5.78 Å². The third-order valence-electron chi connectivity index (χ3n) is 3.88. The summed E-state index contributed by atoms with van der Waals surface area (Å²) in [5.74, 6) is 0.226. The van der Waals surface area contributed by atoms with Gasteiger partial charge in [0.2, 0.25) is 0 Å². The molecule has 28 heavy (non-hydrogen) atoms. The van der Waals surface area contributed by atoms with Crippen molar-refractivity contribution in [2.24, 2.45) is 0 Å². The van der Waals surface area contributed by atoms with E-state index in [1.807, 2.05) is 30.4 Å². The lowest BCUT2D eigenvalue weighted by Gasteiger charge is -1.98. The fraction of sp³-hybridized carbons (Fsp3) is 0.480. The lowest BCUT2D eigenvalue weighted by molar-refractivity contribution is -0.119. The highest BCUT2D eigenvalue weighted by atomic mass is 16.3. The summed E-state index contributed by atoms with van der Waals surface area (Å²) in [6.07, 6.45) is 30.8. The summed E-state index contributed by atoms with van der Waals surface area (Å²) < 4.78 is 0. The van der Waals surface area contributed by atoms with Gasteiger partial charge in [-0.25, -0.2) is 0 Å². The van der Waals surface area contributed by atoms with Crippen LogP contribution in [-0.2, 0) is 4.79 Å². The lowest BCUT2D eigenvalue weighted by atomic mass is 10.1. The Balaban J connectivity index is 3.66. The standard InChI is InChI=1S/C25H38O3/c1-2-3-15-19-24(27)20-16-13-11-9-7-5-4-6-8-10-12-14-17-21-25(28)22-18-23-26/h3,5-8,11-16,20,24,26-27H,2,4,9-10,17-19,21-23H2,1H3/b7-5-,8-6-,13-11-,14-12-,15-3-,20-16+/t24-/m0/s1. The molecule has 0 amide bonds. The Kier molecular flexibility index (Phi) is 19.8. The number of hydrogen-bond donors (Lipinski definition) is 2. The van der Waals surface area contributed by atoms with Crippen LogP contribution in [0.4, 0.5) is 0 Å². The molecule has 0 aliphatic rings. The second-order valence-corrected chi connectivity index (χ2v) is 6.52. The molecule has 0 aromatic heterocycles. The van der Waals surface area contributed by atoms with Crippen LogP contribution in [0.25, 0.3) is 0 Å². The Labute approximate surface area is 171 Å². The highest BCUT2D eigenvalue weighted by Gasteiger charge is 1.98. The molecule has 0 spiro atoms. The molecule has 0 unspecified atom stereocenters. The molecular formula is C25H38O3. The summed E-state index contributed by atoms with van der Waals surface area (Å²) >= 11 is 0. The van der Waals surface area contributed by atoms with Gasteiger partial charge in [-0.2, -0.15) is 0 Å². The van der Waals surface area contributed by atoms with Crippen molar-refractivity contribution in [1.29, 1.82) is 0 Å². The zero-order valence-electron chi connectivity index (χ0n) is 17.4. The Hall–Kier alpha value is -1.97. The van der Waals surface area contributed by atoms with Crippen LogP contribution in [0.2, 0.25) is 0 Å². The minimum Gasteiger partial charge on any atom is -0.396 e. The van der Waals surface area contributed by atoms with E-state index in [1.165, 1.54) is 0 Å². The molecule has 0 fully saturated rings. The molecule has 0 saturated heterocycles. The smallest absolute Gasteiger partial charge is 0.133 e. The Morgan fingerprint density at radius 2 is 1.46 bits per heavy atom. The predicted molar refractivity (Wildman–Crippen MR) is 120 cm³/mol. The maximum absolute atomic E-state index is 11.4. The lowest BCUT2D eigenvalue weighted by Crippen LogP contribution is -1.98. The van der Waals surface area contributed by atoms with Crippen LogP contribution in [0.3, 0.4) is 0 Å². The maximum Gasteiger partial charge on any atom is 0.133 e. The largest absolute Gasteiger partial charge is 0.396 e. The number of rotatable bonds is 17. The molecule has 0 aromatic carbocycles. The van der Waals surface area contributed by atoms with Crippen LogP contribution in [0.15, 0.2) is 72.9 Å². The SMILES string of the molecule is CC/C=C\C[C@H](O)/C=C/C=C\C/C=C\C/C=C\C/C=C\CCC(=O)CCCO. The van der Waals surface area contributed by atoms with Gasteiger partial charge in [-0.3, -0.25) is 4.79 Å². The molecule has 156 valence electrons. The molecule has 0 aliphatic heterocycles. The van der Waals surface area contributed by atoms with Crippen LogP contribution in [-0.4, -0.2) is 28.7 Å². The quantitative estimate of drug-likeness (QED) is 0.246. The van der Waals surface area contributed by atoms with Crippen molar-refractivity contribution in [2.75, 3.05) is 6.61 Å². The monoisotopic (exact) mass is 386 g/mol. The van der Waals surface area contributed by atoms with Gasteiger partial charge >= 0.3 is 0 Å². The minimum atomic E-state index is -0.408. The van der Waals surface area contributed by atoms with E-state index in [9.17, 15) is 9.90 Å². The minimum absolute atomic E-state index is 0.0927. The average Bonchev–Trinajstić information content (AvgIpc) is 2.69. The van der Waals surface area contributed by atoms with E-state index in [1.54, 1.807) is 0 Å². The topological polar surface area (TPSA) is 57.5 Å². The number of allylic oxidation sites excluding steroid dienone is 10. The van der Waals surface area contributed by atoms with E-state index in [0.717, 1.165) is 32.1 Å². The molecule has 0 radical (unpaired) electrons. The Morgan fingerprint density at radius 3 is 2.11 bits per heavy atom. The maximum atomic E-state index is 11.4. The number of carbonyl (C=O) groups excluding carboxylic acids is 1. The number of aliphatic hydroxyl groups excluding tert-OH is 2. The van der Waals surface area contributed by atoms with E-state index >= 15 is 0 Å². The fourth-order valence-electron chi connectivity index (χ4n) is 2.31. The molecule has 0 rings (SSSR count). The summed E-state index contributed by atoms with van der Waals surface area (Å²) in [6.45, 7) is 2.17. The number of carbonyl (C=O) groups is 1. The van der Waals surface area contributed by atoms with Gasteiger partial charge in [-0.05, 0) is 44.9 Å². The zero-order chi connectivity index (χ0) is 20.7. The number of ketones is 1. The van der Waals surface area contributed by atoms with Gasteiger partial charge in [0.1, 0.15) is 5.78 Å². The van der Waals surface area contributed by atoms with Crippen LogP contribution in [0.1, 0.15) is 64.7 Å². The molecular weight excluding hydrogens is 348 g/mol. The van der Waals surface area contributed by atoms with E-state index in [0.29, 0.717) is 25.7 Å². The average molecular weight is 387 g/mol. The van der Waals surface area contributed by atoms with Crippen molar-refractivity contribution < 1.29 is 15.0 Å². The Bertz CT molecular complexity index is 536. The first-order valence-electron chi connectivity index (χ1n) is 10.4. The van der Waals surface area contributed by atoms with Crippen molar-refractivity contribution in [1.82, 2.24) is 0 Å². The fourth-order valence-corrected chi connectivity index (χ4v) is 2.31. The molecule has 1 atom stereocenters. The molecule has 0 heterocycles. The molecule has 0 saturated carbocycles. The second-order valence-electron chi connectivity index (χ2n) is 6.52. The van der Waals surface area contributed by atoms with Crippen molar-refractivity contribution in [3.8, 4) is 0 Å². The van der Waals surface area contributed by atoms with Crippen molar-refractivity contribution in [2.45, 2.75) is 70.8 Å². The second kappa shape index (κ2) is 21.3. The van der Waals surface area contributed by atoms with Gasteiger partial charge in [-0.1, -0.05) is 79.8 Å². The van der Waals surface area contributed by atoms with Gasteiger partial charge in [0.05, 0.1) is 6.10 Å². The third-order valence-corrected chi connectivity index (χ3v) is 3.88. The normalized spacial score (nSPS) is 14.1. The van der Waals surface area contributed by atoms with Gasteiger partial charge in [0, 0.05) is 19.4 Å². The summed E-state index contributed by atoms with van der Waals surface area (Å²) in [5.41, 5.74) is 0. The zero-order valence-corrected chi connectivity index (χ0v) is 17.4. The molecule has 0 aliphatic carbocycles. The van der Waals surface area contributed by atoms with Crippen molar-refractivity contribution in [3.05, 3.63) is 72.9 Å². The molecule has 0 bridgehead atoms. The predicted octanol–water partition coefficient (Wildman–Crippen LogP) is 5.78. The van der Waals surface area contributed by atoms with Crippen molar-refractivity contribution in [3.63, 3.8) is 0 Å². The first kappa shape index (κ1) is 26.0.